The zero-order chi connectivity index (χ0) is 15.1. The van der Waals surface area contributed by atoms with Crippen molar-refractivity contribution in [3.63, 3.8) is 0 Å². The minimum absolute atomic E-state index is 0.377. The van der Waals surface area contributed by atoms with Crippen molar-refractivity contribution in [2.24, 2.45) is 0 Å². The van der Waals surface area contributed by atoms with Crippen LogP contribution >= 0.6 is 0 Å². The fourth-order valence-electron chi connectivity index (χ4n) is 3.13. The lowest BCUT2D eigenvalue weighted by atomic mass is 9.98. The van der Waals surface area contributed by atoms with Crippen LogP contribution in [-0.2, 0) is 6.42 Å². The molecule has 106 valence electrons. The number of hydrogen-bond donors (Lipinski definition) is 1. The number of aromatic nitrogens is 2. The SMILES string of the molecule is COc1nc2c(c(-c3ccc[nH]3)c1C#N)Cc1ccccc1-2. The fourth-order valence-corrected chi connectivity index (χ4v) is 3.13. The Kier molecular flexibility index (Phi) is 2.73. The number of benzene rings is 1. The van der Waals surface area contributed by atoms with Gasteiger partial charge in [0.1, 0.15) is 11.6 Å². The smallest absolute Gasteiger partial charge is 0.232 e. The van der Waals surface area contributed by atoms with Crippen LogP contribution in [0.4, 0.5) is 0 Å². The molecule has 1 aromatic carbocycles. The summed E-state index contributed by atoms with van der Waals surface area (Å²) in [7, 11) is 1.55. The Morgan fingerprint density at radius 3 is 2.82 bits per heavy atom. The second kappa shape index (κ2) is 4.74. The molecule has 0 radical (unpaired) electrons. The van der Waals surface area contributed by atoms with E-state index in [0.717, 1.165) is 34.5 Å². The quantitative estimate of drug-likeness (QED) is 0.613. The van der Waals surface area contributed by atoms with Crippen molar-refractivity contribution in [3.8, 4) is 34.5 Å². The highest BCUT2D eigenvalue weighted by Crippen LogP contribution is 2.43. The average molecular weight is 287 g/mol. The predicted molar refractivity (Wildman–Crippen MR) is 83.5 cm³/mol. The van der Waals surface area contributed by atoms with E-state index < -0.39 is 0 Å². The number of ether oxygens (including phenoxy) is 1. The van der Waals surface area contributed by atoms with Crippen LogP contribution in [0.2, 0.25) is 0 Å². The Hall–Kier alpha value is -3.06. The monoisotopic (exact) mass is 287 g/mol. The van der Waals surface area contributed by atoms with Crippen molar-refractivity contribution < 1.29 is 4.74 Å². The summed E-state index contributed by atoms with van der Waals surface area (Å²) in [6, 6.07) is 14.4. The first-order chi connectivity index (χ1) is 10.8. The average Bonchev–Trinajstić information content (AvgIpc) is 3.20. The molecular weight excluding hydrogens is 274 g/mol. The summed E-state index contributed by atoms with van der Waals surface area (Å²) in [4.78, 5) is 7.80. The standard InChI is InChI=1S/C18H13N3O/c1-22-18-14(10-19)16(15-7-4-8-20-15)13-9-11-5-2-3-6-12(11)17(13)21-18/h2-8,20H,9H2,1H3. The van der Waals surface area contributed by atoms with E-state index in [1.807, 2.05) is 30.5 Å². The fraction of sp³-hybridized carbons (Fsp3) is 0.111. The van der Waals surface area contributed by atoms with Crippen LogP contribution in [0.1, 0.15) is 16.7 Å². The topological polar surface area (TPSA) is 61.7 Å². The summed E-state index contributed by atoms with van der Waals surface area (Å²) in [5.41, 5.74) is 6.64. The number of H-pyrrole nitrogens is 1. The molecule has 2 aromatic heterocycles. The van der Waals surface area contributed by atoms with Gasteiger partial charge in [-0.15, -0.1) is 0 Å². The molecule has 2 heterocycles. The van der Waals surface area contributed by atoms with Gasteiger partial charge in [0, 0.05) is 29.4 Å². The summed E-state index contributed by atoms with van der Waals surface area (Å²) >= 11 is 0. The molecule has 0 bridgehead atoms. The molecular formula is C18H13N3O. The highest BCUT2D eigenvalue weighted by Gasteiger charge is 2.28. The van der Waals surface area contributed by atoms with Crippen molar-refractivity contribution in [2.45, 2.75) is 6.42 Å². The highest BCUT2D eigenvalue weighted by molar-refractivity contribution is 5.85. The van der Waals surface area contributed by atoms with Crippen LogP contribution in [0, 0.1) is 11.3 Å². The van der Waals surface area contributed by atoms with E-state index in [9.17, 15) is 5.26 Å². The third-order valence-electron chi connectivity index (χ3n) is 4.08. The molecule has 0 spiro atoms. The Morgan fingerprint density at radius 2 is 2.09 bits per heavy atom. The first-order valence-corrected chi connectivity index (χ1v) is 7.06. The summed E-state index contributed by atoms with van der Waals surface area (Å²) in [6.45, 7) is 0. The predicted octanol–water partition coefficient (Wildman–Crippen LogP) is 3.53. The highest BCUT2D eigenvalue weighted by atomic mass is 16.5. The summed E-state index contributed by atoms with van der Waals surface area (Å²) in [6.07, 6.45) is 2.64. The number of fused-ring (bicyclic) bond motifs is 3. The van der Waals surface area contributed by atoms with Gasteiger partial charge in [-0.3, -0.25) is 0 Å². The largest absolute Gasteiger partial charge is 0.480 e. The molecule has 0 fully saturated rings. The maximum Gasteiger partial charge on any atom is 0.232 e. The van der Waals surface area contributed by atoms with Crippen molar-refractivity contribution in [1.29, 1.82) is 5.26 Å². The van der Waals surface area contributed by atoms with Crippen LogP contribution in [0.25, 0.3) is 22.5 Å². The second-order valence-electron chi connectivity index (χ2n) is 5.23. The van der Waals surface area contributed by atoms with Gasteiger partial charge in [-0.2, -0.15) is 5.26 Å². The summed E-state index contributed by atoms with van der Waals surface area (Å²) in [5.74, 6) is 0.377. The molecule has 0 saturated carbocycles. The number of nitrogens with one attached hydrogen (secondary N) is 1. The van der Waals surface area contributed by atoms with E-state index in [-0.39, 0.29) is 0 Å². The molecule has 1 aliphatic rings. The minimum Gasteiger partial charge on any atom is -0.480 e. The first-order valence-electron chi connectivity index (χ1n) is 7.06. The van der Waals surface area contributed by atoms with Crippen molar-refractivity contribution in [2.75, 3.05) is 7.11 Å². The molecule has 22 heavy (non-hydrogen) atoms. The number of nitrogens with zero attached hydrogens (tertiary/aromatic N) is 2. The van der Waals surface area contributed by atoms with E-state index in [1.165, 1.54) is 5.56 Å². The van der Waals surface area contributed by atoms with Gasteiger partial charge in [0.15, 0.2) is 0 Å². The van der Waals surface area contributed by atoms with E-state index in [1.54, 1.807) is 7.11 Å². The maximum absolute atomic E-state index is 9.59. The Bertz CT molecular complexity index is 905. The van der Waals surface area contributed by atoms with Crippen molar-refractivity contribution in [3.05, 3.63) is 59.3 Å². The van der Waals surface area contributed by atoms with Gasteiger partial charge in [-0.05, 0) is 23.3 Å². The molecule has 1 N–H and O–H groups in total. The van der Waals surface area contributed by atoms with Crippen LogP contribution < -0.4 is 4.74 Å². The molecule has 4 nitrogen and oxygen atoms in total. The lowest BCUT2D eigenvalue weighted by Gasteiger charge is -2.12. The number of rotatable bonds is 2. The Morgan fingerprint density at radius 1 is 1.23 bits per heavy atom. The van der Waals surface area contributed by atoms with Gasteiger partial charge in [-0.1, -0.05) is 24.3 Å². The van der Waals surface area contributed by atoms with E-state index in [4.69, 9.17) is 4.74 Å². The number of hydrogen-bond acceptors (Lipinski definition) is 3. The van der Waals surface area contributed by atoms with Gasteiger partial charge in [0.25, 0.3) is 0 Å². The molecule has 0 amide bonds. The molecule has 0 atom stereocenters. The number of aromatic amines is 1. The zero-order valence-electron chi connectivity index (χ0n) is 12.1. The van der Waals surface area contributed by atoms with E-state index >= 15 is 0 Å². The third-order valence-corrected chi connectivity index (χ3v) is 4.08. The Balaban J connectivity index is 2.09. The second-order valence-corrected chi connectivity index (χ2v) is 5.23. The van der Waals surface area contributed by atoms with Crippen LogP contribution in [-0.4, -0.2) is 17.1 Å². The van der Waals surface area contributed by atoms with Crippen LogP contribution in [0.15, 0.2) is 42.6 Å². The normalized spacial score (nSPS) is 11.6. The number of nitriles is 1. The minimum atomic E-state index is 0.377. The number of pyridine rings is 1. The molecule has 4 heteroatoms. The maximum atomic E-state index is 9.59. The lowest BCUT2D eigenvalue weighted by Crippen LogP contribution is -2.00. The molecule has 0 unspecified atom stereocenters. The summed E-state index contributed by atoms with van der Waals surface area (Å²) < 4.78 is 5.37. The van der Waals surface area contributed by atoms with E-state index in [2.05, 4.69) is 28.2 Å². The van der Waals surface area contributed by atoms with Crippen LogP contribution in [0.3, 0.4) is 0 Å². The summed E-state index contributed by atoms with van der Waals surface area (Å²) in [5, 5.41) is 9.59. The van der Waals surface area contributed by atoms with Gasteiger partial charge >= 0.3 is 0 Å². The first kappa shape index (κ1) is 12.7. The molecule has 1 aliphatic carbocycles. The molecule has 4 rings (SSSR count). The van der Waals surface area contributed by atoms with Gasteiger partial charge in [0.2, 0.25) is 5.88 Å². The third kappa shape index (κ3) is 1.66. The van der Waals surface area contributed by atoms with Gasteiger partial charge in [-0.25, -0.2) is 4.98 Å². The van der Waals surface area contributed by atoms with E-state index in [0.29, 0.717) is 11.4 Å². The van der Waals surface area contributed by atoms with Gasteiger partial charge in [0.05, 0.1) is 12.8 Å². The molecule has 3 aromatic rings. The van der Waals surface area contributed by atoms with Crippen molar-refractivity contribution in [1.82, 2.24) is 9.97 Å². The molecule has 0 saturated heterocycles. The van der Waals surface area contributed by atoms with Gasteiger partial charge < -0.3 is 9.72 Å². The van der Waals surface area contributed by atoms with Crippen molar-refractivity contribution >= 4 is 0 Å². The number of methoxy groups -OCH3 is 1. The lowest BCUT2D eigenvalue weighted by molar-refractivity contribution is 0.397. The van der Waals surface area contributed by atoms with Crippen LogP contribution in [0.5, 0.6) is 5.88 Å². The zero-order valence-corrected chi connectivity index (χ0v) is 12.1. The Labute approximate surface area is 128 Å². The molecule has 0 aliphatic heterocycles.